The lowest BCUT2D eigenvalue weighted by molar-refractivity contribution is -0.192. The first-order valence-electron chi connectivity index (χ1n) is 13.9. The summed E-state index contributed by atoms with van der Waals surface area (Å²) in [5.41, 5.74) is -1.71. The highest BCUT2D eigenvalue weighted by Gasteiger charge is 2.51. The molecule has 0 radical (unpaired) electrons. The van der Waals surface area contributed by atoms with Gasteiger partial charge in [-0.25, -0.2) is 9.59 Å². The number of rotatable bonds is 5. The first-order chi connectivity index (χ1) is 21.3. The Balaban J connectivity index is 0.000000617. The molecule has 3 aromatic rings. The van der Waals surface area contributed by atoms with Crippen molar-refractivity contribution in [2.24, 2.45) is 12.5 Å². The normalized spacial score (nSPS) is 21.3. The van der Waals surface area contributed by atoms with Crippen molar-refractivity contribution in [1.82, 2.24) is 20.1 Å². The highest BCUT2D eigenvalue weighted by Crippen LogP contribution is 2.57. The molecule has 3 fully saturated rings. The maximum absolute atomic E-state index is 13.6. The van der Waals surface area contributed by atoms with Crippen LogP contribution in [0.2, 0.25) is 0 Å². The molecule has 1 aromatic heterocycles. The number of aliphatic carboxylic acids is 1. The third kappa shape index (κ3) is 7.55. The highest BCUT2D eigenvalue weighted by atomic mass is 19.4. The lowest BCUT2D eigenvalue weighted by Gasteiger charge is -2.52. The summed E-state index contributed by atoms with van der Waals surface area (Å²) in [6.07, 6.45) is -9.34. The number of carboxylic acid groups (broad SMARTS) is 1. The smallest absolute Gasteiger partial charge is 0.475 e. The summed E-state index contributed by atoms with van der Waals surface area (Å²) in [7, 11) is 1.70. The number of alkyl halides is 9. The van der Waals surface area contributed by atoms with Gasteiger partial charge in [0.05, 0.1) is 11.1 Å². The Morgan fingerprint density at radius 3 is 1.87 bits per heavy atom. The van der Waals surface area contributed by atoms with Crippen LogP contribution in [-0.4, -0.2) is 44.6 Å². The van der Waals surface area contributed by atoms with Gasteiger partial charge in [-0.1, -0.05) is 18.2 Å². The van der Waals surface area contributed by atoms with E-state index in [1.807, 2.05) is 0 Å². The van der Waals surface area contributed by atoms with Gasteiger partial charge in [0.2, 0.25) is 0 Å². The second-order valence-electron chi connectivity index (χ2n) is 11.4. The number of hydrogen-bond acceptors (Lipinski definition) is 4. The lowest BCUT2D eigenvalue weighted by atomic mass is 9.53. The summed E-state index contributed by atoms with van der Waals surface area (Å²) < 4.78 is 112. The summed E-state index contributed by atoms with van der Waals surface area (Å²) in [5, 5.41) is 21.1. The predicted octanol–water partition coefficient (Wildman–Crippen LogP) is 7.57. The first kappa shape index (κ1) is 34.6. The Morgan fingerprint density at radius 2 is 1.37 bits per heavy atom. The lowest BCUT2D eigenvalue weighted by Crippen LogP contribution is -2.50. The van der Waals surface area contributed by atoms with Crippen LogP contribution in [0.25, 0.3) is 11.4 Å². The minimum atomic E-state index is -5.08. The Labute approximate surface area is 256 Å². The van der Waals surface area contributed by atoms with Gasteiger partial charge in [0, 0.05) is 30.3 Å². The molecule has 0 aliphatic heterocycles. The van der Waals surface area contributed by atoms with E-state index in [1.165, 1.54) is 24.3 Å². The van der Waals surface area contributed by atoms with Crippen LogP contribution in [0.4, 0.5) is 50.0 Å². The molecule has 1 heterocycles. The van der Waals surface area contributed by atoms with E-state index < -0.39 is 41.7 Å². The van der Waals surface area contributed by atoms with Crippen molar-refractivity contribution < 1.29 is 54.2 Å². The molecular formula is C29H28F9N5O3. The Hall–Kier alpha value is -4.31. The van der Waals surface area contributed by atoms with Crippen LogP contribution in [0.3, 0.4) is 0 Å². The van der Waals surface area contributed by atoms with Crippen LogP contribution >= 0.6 is 0 Å². The van der Waals surface area contributed by atoms with E-state index in [9.17, 15) is 44.3 Å². The van der Waals surface area contributed by atoms with Crippen molar-refractivity contribution in [3.63, 3.8) is 0 Å². The van der Waals surface area contributed by atoms with Gasteiger partial charge in [-0.15, -0.1) is 10.2 Å². The van der Waals surface area contributed by atoms with E-state index in [2.05, 4.69) is 20.8 Å². The third-order valence-electron chi connectivity index (χ3n) is 8.56. The number of benzene rings is 2. The molecule has 46 heavy (non-hydrogen) atoms. The van der Waals surface area contributed by atoms with Crippen molar-refractivity contribution in [3.05, 3.63) is 65.5 Å². The fourth-order valence-electron chi connectivity index (χ4n) is 6.00. The summed E-state index contributed by atoms with van der Waals surface area (Å²) in [6, 6.07) is 9.09. The molecule has 3 aliphatic rings. The molecule has 3 aliphatic carbocycles. The minimum absolute atomic E-state index is 0.00752. The monoisotopic (exact) mass is 665 g/mol. The van der Waals surface area contributed by atoms with Crippen molar-refractivity contribution in [1.29, 1.82) is 0 Å². The second kappa shape index (κ2) is 12.5. The van der Waals surface area contributed by atoms with Crippen LogP contribution in [0, 0.1) is 5.41 Å². The fourth-order valence-corrected chi connectivity index (χ4v) is 6.00. The number of amides is 2. The van der Waals surface area contributed by atoms with Gasteiger partial charge in [-0.05, 0) is 74.3 Å². The number of halogens is 9. The van der Waals surface area contributed by atoms with Gasteiger partial charge >= 0.3 is 30.5 Å². The number of carboxylic acids is 1. The van der Waals surface area contributed by atoms with Crippen LogP contribution < -0.4 is 10.6 Å². The number of anilines is 1. The Kier molecular flexibility index (Phi) is 9.37. The molecule has 17 heteroatoms. The fraction of sp³-hybridized carbons (Fsp3) is 0.448. The molecule has 3 N–H and O–H groups in total. The summed E-state index contributed by atoms with van der Waals surface area (Å²) >= 11 is 0. The molecule has 6 rings (SSSR count). The predicted molar refractivity (Wildman–Crippen MR) is 145 cm³/mol. The molecule has 2 bridgehead atoms. The van der Waals surface area contributed by atoms with Crippen molar-refractivity contribution in [3.8, 4) is 11.4 Å². The Bertz CT molecular complexity index is 1540. The van der Waals surface area contributed by atoms with Crippen molar-refractivity contribution in [2.75, 3.05) is 11.9 Å². The van der Waals surface area contributed by atoms with Crippen molar-refractivity contribution >= 4 is 17.7 Å². The number of hydrogen-bond donors (Lipinski definition) is 3. The zero-order valence-corrected chi connectivity index (χ0v) is 24.1. The summed E-state index contributed by atoms with van der Waals surface area (Å²) in [6.45, 7) is 0.415. The van der Waals surface area contributed by atoms with E-state index in [0.717, 1.165) is 56.7 Å². The number of carbonyl (C=O) groups is 2. The topological polar surface area (TPSA) is 109 Å². The molecule has 3 saturated carbocycles. The number of carbonyl (C=O) groups excluding carboxylic acids is 1. The summed E-state index contributed by atoms with van der Waals surface area (Å²) in [5.74, 6) is -1.90. The molecule has 2 aromatic carbocycles. The molecule has 0 saturated heterocycles. The van der Waals surface area contributed by atoms with E-state index in [4.69, 9.17) is 9.90 Å². The van der Waals surface area contributed by atoms with Crippen molar-refractivity contribution in [2.45, 2.75) is 62.5 Å². The summed E-state index contributed by atoms with van der Waals surface area (Å²) in [4.78, 5) is 21.3. The maximum Gasteiger partial charge on any atom is 0.490 e. The average Bonchev–Trinajstić information content (AvgIpc) is 3.38. The van der Waals surface area contributed by atoms with Gasteiger partial charge in [0.15, 0.2) is 5.82 Å². The molecule has 0 spiro atoms. The van der Waals surface area contributed by atoms with Gasteiger partial charge in [0.25, 0.3) is 0 Å². The SMILES string of the molecule is Cn1c(-c2ccccc2C(F)(F)F)nnc1C12CCC(CNC(=O)Nc3ccc(C(F)(F)F)cc3)(CC1)CC2.O=C(O)C(F)(F)F. The third-order valence-corrected chi connectivity index (χ3v) is 8.56. The second-order valence-corrected chi connectivity index (χ2v) is 11.4. The zero-order chi connectivity index (χ0) is 34.1. The van der Waals surface area contributed by atoms with E-state index in [1.54, 1.807) is 17.7 Å². The Morgan fingerprint density at radius 1 is 0.826 bits per heavy atom. The number of nitrogens with one attached hydrogen (secondary N) is 2. The molecule has 2 amide bonds. The van der Waals surface area contributed by atoms with E-state index in [0.29, 0.717) is 12.4 Å². The van der Waals surface area contributed by atoms with Gasteiger partial charge < -0.3 is 20.3 Å². The minimum Gasteiger partial charge on any atom is -0.475 e. The van der Waals surface area contributed by atoms with Gasteiger partial charge in [0.1, 0.15) is 5.82 Å². The highest BCUT2D eigenvalue weighted by molar-refractivity contribution is 5.89. The van der Waals surface area contributed by atoms with Crippen LogP contribution in [0.15, 0.2) is 48.5 Å². The maximum atomic E-state index is 13.6. The molecule has 0 unspecified atom stereocenters. The standard InChI is InChI=1S/C27H27F6N5O.C2HF3O2/c1-38-21(19-4-2-3-5-20(19)27(31,32)33)36-37-22(38)25-13-10-24(11-14-25,12-15-25)16-34-23(39)35-18-8-6-17(7-9-18)26(28,29)30;3-2(4,5)1(6)7/h2-9H,10-16H2,1H3,(H2,34,35,39);(H,6,7). The van der Waals surface area contributed by atoms with Crippen LogP contribution in [0.1, 0.15) is 55.5 Å². The number of aromatic nitrogens is 3. The quantitative estimate of drug-likeness (QED) is 0.244. The number of nitrogens with zero attached hydrogens (tertiary/aromatic N) is 3. The zero-order valence-electron chi connectivity index (χ0n) is 24.1. The van der Waals surface area contributed by atoms with Crippen LogP contribution in [-0.2, 0) is 29.6 Å². The van der Waals surface area contributed by atoms with Gasteiger partial charge in [-0.3, -0.25) is 0 Å². The van der Waals surface area contributed by atoms with E-state index >= 15 is 0 Å². The molecular weight excluding hydrogens is 637 g/mol. The first-order valence-corrected chi connectivity index (χ1v) is 13.9. The van der Waals surface area contributed by atoms with E-state index in [-0.39, 0.29) is 27.9 Å². The molecule has 0 atom stereocenters. The molecule has 250 valence electrons. The van der Waals surface area contributed by atoms with Crippen LogP contribution in [0.5, 0.6) is 0 Å². The average molecular weight is 666 g/mol. The van der Waals surface area contributed by atoms with Gasteiger partial charge in [-0.2, -0.15) is 39.5 Å². The largest absolute Gasteiger partial charge is 0.490 e. The number of fused-ring (bicyclic) bond motifs is 3. The number of urea groups is 1. The molecule has 8 nitrogen and oxygen atoms in total.